The molecular weight excluding hydrogens is 439 g/mol. The zero-order valence-electron chi connectivity index (χ0n) is 17.2. The minimum atomic E-state index is -3.79. The first-order valence-corrected chi connectivity index (χ1v) is 11.5. The van der Waals surface area contributed by atoms with Gasteiger partial charge in [-0.1, -0.05) is 6.07 Å². The van der Waals surface area contributed by atoms with Crippen LogP contribution >= 0.6 is 0 Å². The highest BCUT2D eigenvalue weighted by Gasteiger charge is 2.27. The fraction of sp³-hybridized carbons (Fsp3) is 0.286. The molecule has 0 saturated carbocycles. The Bertz CT molecular complexity index is 1300. The van der Waals surface area contributed by atoms with E-state index in [0.29, 0.717) is 23.8 Å². The number of nitrogens with one attached hydrogen (secondary N) is 1. The molecule has 2 aromatic heterocycles. The summed E-state index contributed by atoms with van der Waals surface area (Å²) in [4.78, 5) is 21.2. The van der Waals surface area contributed by atoms with E-state index in [1.165, 1.54) is 31.4 Å². The standard InChI is InChI=1S/C21H21FN4O5S/c1-26-20-15-5-4-8-23-17(15)19(27)18(25-20)21(28)24-12-13-6-7-14(22)11-16(13)31-9-2-3-10-32(26,29)30/h4-8,11,27H,2-3,9-10,12H2,1H3,(H,24,28). The number of hydrogen-bond donors (Lipinski definition) is 2. The molecule has 9 nitrogen and oxygen atoms in total. The number of fused-ring (bicyclic) bond motifs is 5. The summed E-state index contributed by atoms with van der Waals surface area (Å²) < 4.78 is 46.1. The van der Waals surface area contributed by atoms with Gasteiger partial charge in [0.1, 0.15) is 17.1 Å². The first kappa shape index (κ1) is 21.8. The van der Waals surface area contributed by atoms with Gasteiger partial charge in [-0.15, -0.1) is 0 Å². The zero-order valence-corrected chi connectivity index (χ0v) is 18.0. The molecule has 4 rings (SSSR count). The van der Waals surface area contributed by atoms with E-state index in [0.717, 1.165) is 4.31 Å². The van der Waals surface area contributed by atoms with E-state index in [4.69, 9.17) is 4.74 Å². The second-order valence-electron chi connectivity index (χ2n) is 7.31. The van der Waals surface area contributed by atoms with E-state index in [1.54, 1.807) is 12.1 Å². The van der Waals surface area contributed by atoms with Crippen LogP contribution in [-0.4, -0.2) is 48.8 Å². The number of ether oxygens (including phenoxy) is 1. The predicted molar refractivity (Wildman–Crippen MR) is 116 cm³/mol. The summed E-state index contributed by atoms with van der Waals surface area (Å²) in [5, 5.41) is 13.6. The second-order valence-corrected chi connectivity index (χ2v) is 9.43. The molecule has 11 heteroatoms. The Hall–Kier alpha value is -3.47. The van der Waals surface area contributed by atoms with E-state index in [-0.39, 0.29) is 41.7 Å². The molecule has 0 unspecified atom stereocenters. The number of pyridine rings is 2. The van der Waals surface area contributed by atoms with Gasteiger partial charge in [0.15, 0.2) is 17.3 Å². The molecule has 1 aliphatic rings. The summed E-state index contributed by atoms with van der Waals surface area (Å²) >= 11 is 0. The van der Waals surface area contributed by atoms with Crippen LogP contribution in [0.5, 0.6) is 11.5 Å². The van der Waals surface area contributed by atoms with Crippen LogP contribution in [0, 0.1) is 5.82 Å². The van der Waals surface area contributed by atoms with Gasteiger partial charge in [0.25, 0.3) is 5.91 Å². The van der Waals surface area contributed by atoms with E-state index in [1.807, 2.05) is 0 Å². The van der Waals surface area contributed by atoms with Crippen LogP contribution in [0.15, 0.2) is 36.5 Å². The SMILES string of the molecule is CN1c2nc(c(O)c3ncccc23)C(=O)NCc2ccc(F)cc2OCCCCS1(=O)=O. The minimum Gasteiger partial charge on any atom is -0.504 e. The first-order chi connectivity index (χ1) is 15.3. The number of hydrogen-bond acceptors (Lipinski definition) is 7. The third kappa shape index (κ3) is 4.15. The predicted octanol–water partition coefficient (Wildman–Crippen LogP) is 2.34. The highest BCUT2D eigenvalue weighted by molar-refractivity contribution is 7.92. The number of sulfonamides is 1. The molecule has 3 heterocycles. The molecule has 0 fully saturated rings. The molecule has 0 spiro atoms. The van der Waals surface area contributed by atoms with Gasteiger partial charge >= 0.3 is 0 Å². The van der Waals surface area contributed by atoms with Crippen LogP contribution in [0.4, 0.5) is 10.2 Å². The number of nitrogens with zero attached hydrogens (tertiary/aromatic N) is 3. The van der Waals surface area contributed by atoms with Crippen molar-refractivity contribution in [3.8, 4) is 11.5 Å². The van der Waals surface area contributed by atoms with Crippen molar-refractivity contribution in [2.75, 3.05) is 23.7 Å². The first-order valence-electron chi connectivity index (χ1n) is 9.91. The summed E-state index contributed by atoms with van der Waals surface area (Å²) in [5.74, 6) is -1.65. The van der Waals surface area contributed by atoms with Gasteiger partial charge in [-0.25, -0.2) is 17.8 Å². The molecule has 1 aliphatic heterocycles. The monoisotopic (exact) mass is 460 g/mol. The van der Waals surface area contributed by atoms with Gasteiger partial charge in [0.2, 0.25) is 10.0 Å². The normalized spacial score (nSPS) is 16.9. The lowest BCUT2D eigenvalue weighted by atomic mass is 10.1. The lowest BCUT2D eigenvalue weighted by molar-refractivity contribution is 0.0943. The van der Waals surface area contributed by atoms with E-state index < -0.39 is 27.5 Å². The Balaban J connectivity index is 1.83. The molecule has 0 atom stereocenters. The zero-order chi connectivity index (χ0) is 22.9. The van der Waals surface area contributed by atoms with Gasteiger partial charge in [0.05, 0.1) is 12.4 Å². The topological polar surface area (TPSA) is 122 Å². The van der Waals surface area contributed by atoms with Crippen LogP contribution in [0.25, 0.3) is 10.9 Å². The Morgan fingerprint density at radius 3 is 2.88 bits per heavy atom. The average molecular weight is 460 g/mol. The summed E-state index contributed by atoms with van der Waals surface area (Å²) in [5.41, 5.74) is 0.213. The molecule has 0 aliphatic carbocycles. The number of rotatable bonds is 0. The molecule has 0 radical (unpaired) electrons. The molecule has 1 aromatic carbocycles. The molecule has 3 aromatic rings. The second kappa shape index (κ2) is 8.58. The number of amides is 1. The third-order valence-electron chi connectivity index (χ3n) is 5.17. The average Bonchev–Trinajstić information content (AvgIpc) is 2.77. The number of halogens is 1. The van der Waals surface area contributed by atoms with Crippen molar-refractivity contribution in [3.05, 3.63) is 53.6 Å². The quantitative estimate of drug-likeness (QED) is 0.528. The van der Waals surface area contributed by atoms with Gasteiger partial charge in [-0.2, -0.15) is 0 Å². The fourth-order valence-electron chi connectivity index (χ4n) is 3.41. The Morgan fingerprint density at radius 1 is 1.25 bits per heavy atom. The van der Waals surface area contributed by atoms with Crippen LogP contribution in [-0.2, 0) is 16.6 Å². The maximum atomic E-state index is 13.7. The molecule has 0 saturated heterocycles. The van der Waals surface area contributed by atoms with Crippen LogP contribution in [0.3, 0.4) is 0 Å². The van der Waals surface area contributed by atoms with Crippen molar-refractivity contribution in [1.82, 2.24) is 15.3 Å². The largest absolute Gasteiger partial charge is 0.504 e. The summed E-state index contributed by atoms with van der Waals surface area (Å²) in [6.45, 7) is 0.169. The minimum absolute atomic E-state index is 0.00959. The van der Waals surface area contributed by atoms with Crippen molar-refractivity contribution in [1.29, 1.82) is 0 Å². The Morgan fingerprint density at radius 2 is 2.06 bits per heavy atom. The van der Waals surface area contributed by atoms with E-state index >= 15 is 0 Å². The van der Waals surface area contributed by atoms with Crippen molar-refractivity contribution < 1.29 is 27.4 Å². The molecule has 1 amide bonds. The Kier molecular flexibility index (Phi) is 5.83. The number of benzene rings is 1. The lowest BCUT2D eigenvalue weighted by Gasteiger charge is -2.21. The smallest absolute Gasteiger partial charge is 0.274 e. The van der Waals surface area contributed by atoms with Crippen molar-refractivity contribution in [3.63, 3.8) is 0 Å². The van der Waals surface area contributed by atoms with E-state index in [9.17, 15) is 22.7 Å². The van der Waals surface area contributed by atoms with Gasteiger partial charge in [0, 0.05) is 36.8 Å². The van der Waals surface area contributed by atoms with Gasteiger partial charge < -0.3 is 15.2 Å². The lowest BCUT2D eigenvalue weighted by Crippen LogP contribution is -2.31. The molecular formula is C21H21FN4O5S. The van der Waals surface area contributed by atoms with Crippen LogP contribution in [0.1, 0.15) is 28.9 Å². The third-order valence-corrected chi connectivity index (χ3v) is 6.98. The van der Waals surface area contributed by atoms with Gasteiger partial charge in [-0.05, 0) is 31.0 Å². The highest BCUT2D eigenvalue weighted by Crippen LogP contribution is 2.33. The maximum absolute atomic E-state index is 13.7. The molecule has 168 valence electrons. The fourth-order valence-corrected chi connectivity index (χ4v) is 4.65. The molecule has 2 N–H and O–H groups in total. The molecule has 32 heavy (non-hydrogen) atoms. The number of carbonyl (C=O) groups excluding carboxylic acids is 1. The number of carbonyl (C=O) groups is 1. The van der Waals surface area contributed by atoms with Crippen LogP contribution < -0.4 is 14.4 Å². The number of aromatic nitrogens is 2. The summed E-state index contributed by atoms with van der Waals surface area (Å²) in [6, 6.07) is 7.10. The number of aromatic hydroxyl groups is 1. The van der Waals surface area contributed by atoms with E-state index in [2.05, 4.69) is 15.3 Å². The number of anilines is 1. The summed E-state index contributed by atoms with van der Waals surface area (Å²) in [6.07, 6.45) is 2.15. The highest BCUT2D eigenvalue weighted by atomic mass is 32.2. The maximum Gasteiger partial charge on any atom is 0.274 e. The van der Waals surface area contributed by atoms with Crippen LogP contribution in [0.2, 0.25) is 0 Å². The van der Waals surface area contributed by atoms with Gasteiger partial charge in [-0.3, -0.25) is 14.1 Å². The van der Waals surface area contributed by atoms with Crippen molar-refractivity contribution >= 4 is 32.7 Å². The Labute approximate surface area is 183 Å². The van der Waals surface area contributed by atoms with Crippen molar-refractivity contribution in [2.24, 2.45) is 0 Å². The molecule has 2 bridgehead atoms. The van der Waals surface area contributed by atoms with Crippen molar-refractivity contribution in [2.45, 2.75) is 19.4 Å². The summed E-state index contributed by atoms with van der Waals surface area (Å²) in [7, 11) is -2.45.